The standard InChI is InChI=1S/C27H35NO5S/c1-5-25(20(3)4)21-12-14-22(15-13-21)32-18-23(19-34-24-10-8-7-9-11-24)33-27(30)28-16-17-31-26(29)6-2/h6-15,20,23,25H,2,5,16-19H2,1,3-4H3,(H,28,30). The number of carbonyl (C=O) groups excluding carboxylic acids is 2. The third kappa shape index (κ3) is 9.91. The first kappa shape index (κ1) is 27.3. The van der Waals surface area contributed by atoms with E-state index in [4.69, 9.17) is 14.2 Å². The first-order valence-electron chi connectivity index (χ1n) is 11.6. The summed E-state index contributed by atoms with van der Waals surface area (Å²) in [6.07, 6.45) is 1.10. The lowest BCUT2D eigenvalue weighted by atomic mass is 9.86. The molecule has 1 N–H and O–H groups in total. The van der Waals surface area contributed by atoms with Crippen molar-refractivity contribution in [2.45, 2.75) is 44.1 Å². The number of thioether (sulfide) groups is 1. The number of alkyl carbamates (subject to hydrolysis) is 1. The smallest absolute Gasteiger partial charge is 0.407 e. The molecule has 0 aromatic heterocycles. The molecule has 2 rings (SSSR count). The molecule has 0 aliphatic heterocycles. The molecule has 0 heterocycles. The highest BCUT2D eigenvalue weighted by Gasteiger charge is 2.17. The highest BCUT2D eigenvalue weighted by atomic mass is 32.2. The number of hydrogen-bond donors (Lipinski definition) is 1. The Morgan fingerprint density at radius 3 is 2.41 bits per heavy atom. The number of esters is 1. The summed E-state index contributed by atoms with van der Waals surface area (Å²) < 4.78 is 16.4. The van der Waals surface area contributed by atoms with E-state index in [2.05, 4.69) is 44.8 Å². The molecule has 0 aliphatic carbocycles. The molecule has 7 heteroatoms. The number of amides is 1. The predicted octanol–water partition coefficient (Wildman–Crippen LogP) is 5.83. The van der Waals surface area contributed by atoms with Crippen molar-refractivity contribution in [3.05, 3.63) is 72.8 Å². The van der Waals surface area contributed by atoms with Crippen LogP contribution in [0.1, 0.15) is 38.7 Å². The zero-order valence-electron chi connectivity index (χ0n) is 20.2. The molecule has 1 amide bonds. The second kappa shape index (κ2) is 15.1. The summed E-state index contributed by atoms with van der Waals surface area (Å²) >= 11 is 1.59. The lowest BCUT2D eigenvalue weighted by Crippen LogP contribution is -2.35. The molecular weight excluding hydrogens is 450 g/mol. The highest BCUT2D eigenvalue weighted by molar-refractivity contribution is 7.99. The monoisotopic (exact) mass is 485 g/mol. The van der Waals surface area contributed by atoms with Crippen molar-refractivity contribution in [2.75, 3.05) is 25.5 Å². The molecular formula is C27H35NO5S. The van der Waals surface area contributed by atoms with Crippen LogP contribution in [0.5, 0.6) is 5.75 Å². The Kier molecular flexibility index (Phi) is 12.1. The molecule has 34 heavy (non-hydrogen) atoms. The topological polar surface area (TPSA) is 73.9 Å². The van der Waals surface area contributed by atoms with Crippen LogP contribution in [0, 0.1) is 5.92 Å². The Bertz CT molecular complexity index is 886. The minimum atomic E-state index is -0.588. The van der Waals surface area contributed by atoms with E-state index in [1.165, 1.54) is 5.56 Å². The highest BCUT2D eigenvalue weighted by Crippen LogP contribution is 2.29. The van der Waals surface area contributed by atoms with Crippen LogP contribution in [0.4, 0.5) is 4.79 Å². The average Bonchev–Trinajstić information content (AvgIpc) is 2.85. The van der Waals surface area contributed by atoms with Gasteiger partial charge in [-0.2, -0.15) is 0 Å². The van der Waals surface area contributed by atoms with E-state index >= 15 is 0 Å². The van der Waals surface area contributed by atoms with Crippen molar-refractivity contribution in [2.24, 2.45) is 5.92 Å². The minimum Gasteiger partial charge on any atom is -0.490 e. The molecule has 0 bridgehead atoms. The number of nitrogens with one attached hydrogen (secondary N) is 1. The lowest BCUT2D eigenvalue weighted by Gasteiger charge is -2.21. The van der Waals surface area contributed by atoms with Crippen LogP contribution in [0.15, 0.2) is 72.1 Å². The Morgan fingerprint density at radius 2 is 1.79 bits per heavy atom. The van der Waals surface area contributed by atoms with E-state index in [9.17, 15) is 9.59 Å². The van der Waals surface area contributed by atoms with E-state index in [-0.39, 0.29) is 19.8 Å². The second-order valence-electron chi connectivity index (χ2n) is 8.09. The van der Waals surface area contributed by atoms with Gasteiger partial charge >= 0.3 is 12.1 Å². The van der Waals surface area contributed by atoms with Crippen molar-refractivity contribution in [3.63, 3.8) is 0 Å². The molecule has 6 nitrogen and oxygen atoms in total. The van der Waals surface area contributed by atoms with Gasteiger partial charge < -0.3 is 19.5 Å². The van der Waals surface area contributed by atoms with Gasteiger partial charge in [-0.3, -0.25) is 0 Å². The summed E-state index contributed by atoms with van der Waals surface area (Å²) in [7, 11) is 0. The fourth-order valence-electron chi connectivity index (χ4n) is 3.47. The molecule has 2 aromatic rings. The molecule has 2 unspecified atom stereocenters. The first-order chi connectivity index (χ1) is 16.4. The van der Waals surface area contributed by atoms with E-state index in [1.54, 1.807) is 11.8 Å². The lowest BCUT2D eigenvalue weighted by molar-refractivity contribution is -0.137. The number of benzene rings is 2. The maximum absolute atomic E-state index is 12.2. The van der Waals surface area contributed by atoms with Gasteiger partial charge in [-0.05, 0) is 48.1 Å². The third-order valence-corrected chi connectivity index (χ3v) is 6.37. The molecule has 0 fully saturated rings. The van der Waals surface area contributed by atoms with Gasteiger partial charge in [-0.15, -0.1) is 11.8 Å². The summed E-state index contributed by atoms with van der Waals surface area (Å²) in [5.74, 6) is 1.82. The van der Waals surface area contributed by atoms with Gasteiger partial charge in [-0.25, -0.2) is 9.59 Å². The Hall–Kier alpha value is -2.93. The zero-order chi connectivity index (χ0) is 24.8. The molecule has 0 saturated carbocycles. The van der Waals surface area contributed by atoms with Gasteiger partial charge in [-0.1, -0.05) is 57.7 Å². The van der Waals surface area contributed by atoms with Crippen LogP contribution in [-0.4, -0.2) is 43.7 Å². The number of ether oxygens (including phenoxy) is 3. The summed E-state index contributed by atoms with van der Waals surface area (Å²) in [4.78, 5) is 24.4. The van der Waals surface area contributed by atoms with Crippen LogP contribution < -0.4 is 10.1 Å². The number of rotatable bonds is 14. The SMILES string of the molecule is C=CC(=O)OCCNC(=O)OC(COc1ccc(C(CC)C(C)C)cc1)CSc1ccccc1. The second-order valence-corrected chi connectivity index (χ2v) is 9.18. The van der Waals surface area contributed by atoms with Gasteiger partial charge in [0.25, 0.3) is 0 Å². The van der Waals surface area contributed by atoms with Crippen molar-refractivity contribution in [1.82, 2.24) is 5.32 Å². The van der Waals surface area contributed by atoms with Crippen LogP contribution in [0.25, 0.3) is 0 Å². The van der Waals surface area contributed by atoms with Gasteiger partial charge in [0.05, 0.1) is 6.54 Å². The van der Waals surface area contributed by atoms with Gasteiger partial charge in [0.2, 0.25) is 0 Å². The summed E-state index contributed by atoms with van der Waals surface area (Å²) in [6, 6.07) is 18.1. The molecule has 2 atom stereocenters. The van der Waals surface area contributed by atoms with Crippen LogP contribution in [0.2, 0.25) is 0 Å². The fourth-order valence-corrected chi connectivity index (χ4v) is 4.36. The molecule has 0 aliphatic rings. The van der Waals surface area contributed by atoms with Gasteiger partial charge in [0.1, 0.15) is 25.1 Å². The quantitative estimate of drug-likeness (QED) is 0.157. The van der Waals surface area contributed by atoms with Crippen molar-refractivity contribution in [1.29, 1.82) is 0 Å². The fraction of sp³-hybridized carbons (Fsp3) is 0.407. The Morgan fingerprint density at radius 1 is 1.09 bits per heavy atom. The van der Waals surface area contributed by atoms with E-state index < -0.39 is 18.2 Å². The molecule has 0 saturated heterocycles. The van der Waals surface area contributed by atoms with Crippen molar-refractivity contribution >= 4 is 23.8 Å². The largest absolute Gasteiger partial charge is 0.490 e. The normalized spacial score (nSPS) is 12.5. The van der Waals surface area contributed by atoms with E-state index in [0.29, 0.717) is 17.6 Å². The van der Waals surface area contributed by atoms with E-state index in [1.807, 2.05) is 42.5 Å². The number of hydrogen-bond acceptors (Lipinski definition) is 6. The molecule has 2 aromatic carbocycles. The average molecular weight is 486 g/mol. The van der Waals surface area contributed by atoms with Gasteiger partial charge in [0, 0.05) is 16.7 Å². The number of carbonyl (C=O) groups is 2. The molecule has 0 spiro atoms. The molecule has 0 radical (unpaired) electrons. The maximum Gasteiger partial charge on any atom is 0.407 e. The first-order valence-corrected chi connectivity index (χ1v) is 12.6. The summed E-state index contributed by atoms with van der Waals surface area (Å²) in [6.45, 7) is 10.4. The summed E-state index contributed by atoms with van der Waals surface area (Å²) in [5.41, 5.74) is 1.30. The van der Waals surface area contributed by atoms with Crippen molar-refractivity contribution < 1.29 is 23.8 Å². The Labute approximate surface area is 207 Å². The van der Waals surface area contributed by atoms with Gasteiger partial charge in [0.15, 0.2) is 0 Å². The third-order valence-electron chi connectivity index (χ3n) is 5.22. The summed E-state index contributed by atoms with van der Waals surface area (Å²) in [5, 5.41) is 2.59. The zero-order valence-corrected chi connectivity index (χ0v) is 21.0. The van der Waals surface area contributed by atoms with Crippen molar-refractivity contribution in [3.8, 4) is 5.75 Å². The predicted molar refractivity (Wildman–Crippen MR) is 136 cm³/mol. The minimum absolute atomic E-state index is 0.0430. The van der Waals surface area contributed by atoms with E-state index in [0.717, 1.165) is 23.1 Å². The van der Waals surface area contributed by atoms with Crippen LogP contribution in [0.3, 0.4) is 0 Å². The van der Waals surface area contributed by atoms with Crippen LogP contribution in [-0.2, 0) is 14.3 Å². The van der Waals surface area contributed by atoms with Crippen LogP contribution >= 0.6 is 11.8 Å². The Balaban J connectivity index is 1.92. The maximum atomic E-state index is 12.2. The molecule has 184 valence electrons.